The van der Waals surface area contributed by atoms with E-state index in [1.54, 1.807) is 6.92 Å². The first-order valence-electron chi connectivity index (χ1n) is 6.33. The Hall–Kier alpha value is -0.170. The van der Waals surface area contributed by atoms with Gasteiger partial charge in [-0.25, -0.2) is 12.7 Å². The molecule has 0 aromatic carbocycles. The summed E-state index contributed by atoms with van der Waals surface area (Å²) in [7, 11) is -3.16. The van der Waals surface area contributed by atoms with Crippen molar-refractivity contribution in [2.75, 3.05) is 25.4 Å². The summed E-state index contributed by atoms with van der Waals surface area (Å²) in [6, 6.07) is 0.113. The first kappa shape index (κ1) is 13.3. The van der Waals surface area contributed by atoms with Gasteiger partial charge in [-0.15, -0.1) is 0 Å². The second-order valence-electron chi connectivity index (χ2n) is 5.47. The summed E-state index contributed by atoms with van der Waals surface area (Å²) in [5.41, 5.74) is -0.697. The summed E-state index contributed by atoms with van der Waals surface area (Å²) in [5.74, 6) is 0.204. The molecule has 2 aliphatic rings. The Morgan fingerprint density at radius 3 is 2.59 bits per heavy atom. The fourth-order valence-electron chi connectivity index (χ4n) is 2.50. The Morgan fingerprint density at radius 1 is 1.41 bits per heavy atom. The van der Waals surface area contributed by atoms with E-state index in [4.69, 9.17) is 0 Å². The van der Waals surface area contributed by atoms with Crippen molar-refractivity contribution in [3.8, 4) is 0 Å². The minimum atomic E-state index is -3.16. The monoisotopic (exact) mass is 262 g/mol. The van der Waals surface area contributed by atoms with E-state index in [-0.39, 0.29) is 11.8 Å². The van der Waals surface area contributed by atoms with Crippen molar-refractivity contribution in [1.82, 2.24) is 9.62 Å². The zero-order valence-corrected chi connectivity index (χ0v) is 11.2. The molecule has 2 N–H and O–H groups in total. The van der Waals surface area contributed by atoms with Crippen molar-refractivity contribution in [1.29, 1.82) is 0 Å². The zero-order valence-electron chi connectivity index (χ0n) is 10.4. The number of nitrogens with one attached hydrogen (secondary N) is 1. The highest BCUT2D eigenvalue weighted by atomic mass is 32.2. The lowest BCUT2D eigenvalue weighted by atomic mass is 9.95. The van der Waals surface area contributed by atoms with Crippen molar-refractivity contribution < 1.29 is 13.5 Å². The summed E-state index contributed by atoms with van der Waals surface area (Å²) in [6.45, 7) is 3.59. The Kier molecular flexibility index (Phi) is 3.77. The quantitative estimate of drug-likeness (QED) is 0.746. The molecule has 0 aromatic rings. The van der Waals surface area contributed by atoms with Gasteiger partial charge in [-0.2, -0.15) is 0 Å². The van der Waals surface area contributed by atoms with Crippen LogP contribution in [0.1, 0.15) is 32.6 Å². The number of hydrogen-bond acceptors (Lipinski definition) is 4. The predicted molar refractivity (Wildman–Crippen MR) is 66.2 cm³/mol. The van der Waals surface area contributed by atoms with Crippen molar-refractivity contribution in [3.63, 3.8) is 0 Å². The Morgan fingerprint density at radius 2 is 2.06 bits per heavy atom. The topological polar surface area (TPSA) is 69.6 Å². The van der Waals surface area contributed by atoms with Crippen molar-refractivity contribution in [2.24, 2.45) is 0 Å². The molecular weight excluding hydrogens is 240 g/mol. The highest BCUT2D eigenvalue weighted by Crippen LogP contribution is 2.23. The van der Waals surface area contributed by atoms with Gasteiger partial charge in [-0.1, -0.05) is 0 Å². The van der Waals surface area contributed by atoms with Crippen LogP contribution in [0.4, 0.5) is 0 Å². The minimum Gasteiger partial charge on any atom is -0.390 e. The molecule has 100 valence electrons. The Bertz CT molecular complexity index is 351. The molecule has 0 spiro atoms. The lowest BCUT2D eigenvalue weighted by Gasteiger charge is -2.35. The fraction of sp³-hybridized carbons (Fsp3) is 1.00. The summed E-state index contributed by atoms with van der Waals surface area (Å²) in [6.07, 6.45) is 3.08. The maximum absolute atomic E-state index is 12.2. The molecule has 2 saturated heterocycles. The van der Waals surface area contributed by atoms with Crippen LogP contribution in [0.3, 0.4) is 0 Å². The summed E-state index contributed by atoms with van der Waals surface area (Å²) >= 11 is 0. The number of nitrogens with zero attached hydrogens (tertiary/aromatic N) is 1. The molecule has 17 heavy (non-hydrogen) atoms. The van der Waals surface area contributed by atoms with Gasteiger partial charge in [0.15, 0.2) is 0 Å². The van der Waals surface area contributed by atoms with Crippen LogP contribution in [0.5, 0.6) is 0 Å². The second kappa shape index (κ2) is 4.84. The molecule has 0 saturated carbocycles. The van der Waals surface area contributed by atoms with Crippen LogP contribution in [0.2, 0.25) is 0 Å². The second-order valence-corrected chi connectivity index (χ2v) is 7.48. The third-order valence-electron chi connectivity index (χ3n) is 3.77. The molecular formula is C11H22N2O3S. The molecule has 5 nitrogen and oxygen atoms in total. The average molecular weight is 262 g/mol. The van der Waals surface area contributed by atoms with Crippen molar-refractivity contribution in [2.45, 2.75) is 44.2 Å². The molecule has 2 aliphatic heterocycles. The summed E-state index contributed by atoms with van der Waals surface area (Å²) in [4.78, 5) is 0. The number of aliphatic hydroxyl groups is 1. The Labute approximate surface area is 103 Å². The van der Waals surface area contributed by atoms with Crippen LogP contribution in [0.15, 0.2) is 0 Å². The van der Waals surface area contributed by atoms with E-state index >= 15 is 0 Å². The van der Waals surface area contributed by atoms with Gasteiger partial charge in [-0.05, 0) is 39.2 Å². The first-order chi connectivity index (χ1) is 7.89. The van der Waals surface area contributed by atoms with E-state index in [0.717, 1.165) is 19.4 Å². The first-order valence-corrected chi connectivity index (χ1v) is 7.94. The number of rotatable bonds is 3. The van der Waals surface area contributed by atoms with Crippen LogP contribution in [0.25, 0.3) is 0 Å². The molecule has 1 atom stereocenters. The predicted octanol–water partition coefficient (Wildman–Crippen LogP) is -0.0850. The van der Waals surface area contributed by atoms with E-state index in [2.05, 4.69) is 5.32 Å². The number of hydrogen-bond donors (Lipinski definition) is 2. The number of piperidine rings is 1. The van der Waals surface area contributed by atoms with Crippen LogP contribution in [-0.2, 0) is 10.0 Å². The molecule has 0 radical (unpaired) electrons. The van der Waals surface area contributed by atoms with Crippen LogP contribution in [0, 0.1) is 0 Å². The minimum absolute atomic E-state index is 0.113. The molecule has 0 bridgehead atoms. The maximum atomic E-state index is 12.2. The van der Waals surface area contributed by atoms with E-state index in [1.165, 1.54) is 4.31 Å². The highest BCUT2D eigenvalue weighted by molar-refractivity contribution is 7.89. The molecule has 1 unspecified atom stereocenters. The van der Waals surface area contributed by atoms with Gasteiger partial charge in [-0.3, -0.25) is 0 Å². The molecule has 2 fully saturated rings. The van der Waals surface area contributed by atoms with E-state index < -0.39 is 15.6 Å². The van der Waals surface area contributed by atoms with Gasteiger partial charge in [0.2, 0.25) is 10.0 Å². The molecule has 6 heteroatoms. The average Bonchev–Trinajstić information content (AvgIpc) is 2.68. The van der Waals surface area contributed by atoms with Gasteiger partial charge < -0.3 is 10.4 Å². The fourth-order valence-corrected chi connectivity index (χ4v) is 4.25. The lowest BCUT2D eigenvalue weighted by Crippen LogP contribution is -2.47. The molecule has 0 aromatic heterocycles. The Balaban J connectivity index is 1.92. The highest BCUT2D eigenvalue weighted by Gasteiger charge is 2.34. The van der Waals surface area contributed by atoms with Crippen molar-refractivity contribution in [3.05, 3.63) is 0 Å². The van der Waals surface area contributed by atoms with Gasteiger partial charge >= 0.3 is 0 Å². The van der Waals surface area contributed by atoms with Crippen LogP contribution < -0.4 is 5.32 Å². The summed E-state index contributed by atoms with van der Waals surface area (Å²) in [5, 5.41) is 13.0. The van der Waals surface area contributed by atoms with Gasteiger partial charge in [0.1, 0.15) is 0 Å². The zero-order chi connectivity index (χ0) is 12.5. The molecule has 2 rings (SSSR count). The van der Waals surface area contributed by atoms with E-state index in [0.29, 0.717) is 25.9 Å². The maximum Gasteiger partial charge on any atom is 0.215 e. The lowest BCUT2D eigenvalue weighted by molar-refractivity contribution is 0.0126. The largest absolute Gasteiger partial charge is 0.390 e. The molecule has 2 heterocycles. The van der Waals surface area contributed by atoms with Crippen LogP contribution in [-0.4, -0.2) is 54.9 Å². The summed E-state index contributed by atoms with van der Waals surface area (Å²) < 4.78 is 25.8. The third kappa shape index (κ3) is 3.40. The third-order valence-corrected chi connectivity index (χ3v) is 5.74. The molecule has 0 aliphatic carbocycles. The smallest absolute Gasteiger partial charge is 0.215 e. The standard InChI is InChI=1S/C11H22N2O3S/c1-11(14)4-7-13(8-5-11)17(15,16)9-10-3-2-6-12-10/h10,12,14H,2-9H2,1H3. The van der Waals surface area contributed by atoms with Crippen molar-refractivity contribution >= 4 is 10.0 Å². The van der Waals surface area contributed by atoms with Gasteiger partial charge in [0.05, 0.1) is 11.4 Å². The van der Waals surface area contributed by atoms with Crippen LogP contribution >= 0.6 is 0 Å². The molecule has 0 amide bonds. The van der Waals surface area contributed by atoms with E-state index in [1.807, 2.05) is 0 Å². The van der Waals surface area contributed by atoms with Gasteiger partial charge in [0.25, 0.3) is 0 Å². The van der Waals surface area contributed by atoms with Gasteiger partial charge in [0, 0.05) is 19.1 Å². The van der Waals surface area contributed by atoms with E-state index in [9.17, 15) is 13.5 Å². The SMILES string of the molecule is CC1(O)CCN(S(=O)(=O)CC2CCCN2)CC1. The normalized spacial score (nSPS) is 30.6. The number of sulfonamides is 1.